The van der Waals surface area contributed by atoms with Crippen LogP contribution in [-0.4, -0.2) is 13.2 Å². The summed E-state index contributed by atoms with van der Waals surface area (Å²) in [6.07, 6.45) is 7.76. The number of rotatable bonds is 16. The maximum atomic E-state index is 5.89. The lowest BCUT2D eigenvalue weighted by Gasteiger charge is -2.07. The molecular weight excluding hydrogens is 508 g/mol. The highest BCUT2D eigenvalue weighted by Gasteiger charge is 1.99. The van der Waals surface area contributed by atoms with Gasteiger partial charge in [0.15, 0.2) is 0 Å². The Morgan fingerprint density at radius 2 is 0.854 bits per heavy atom. The van der Waals surface area contributed by atoms with Crippen molar-refractivity contribution in [2.75, 3.05) is 13.2 Å². The molecule has 0 N–H and O–H groups in total. The first-order valence-corrected chi connectivity index (χ1v) is 14.6. The van der Waals surface area contributed by atoms with Gasteiger partial charge in [-0.2, -0.15) is 20.5 Å². The first-order valence-electron chi connectivity index (χ1n) is 14.6. The number of azo groups is 2. The first kappa shape index (κ1) is 29.7. The van der Waals surface area contributed by atoms with Gasteiger partial charge in [0.05, 0.1) is 36.0 Å². The van der Waals surface area contributed by atoms with Crippen LogP contribution in [0.25, 0.3) is 0 Å². The van der Waals surface area contributed by atoms with Crippen LogP contribution < -0.4 is 9.47 Å². The van der Waals surface area contributed by atoms with Gasteiger partial charge in [-0.25, -0.2) is 0 Å². The Bertz CT molecular complexity index is 1350. The van der Waals surface area contributed by atoms with Crippen molar-refractivity contribution in [1.82, 2.24) is 0 Å². The third-order valence-corrected chi connectivity index (χ3v) is 6.60. The zero-order chi connectivity index (χ0) is 28.5. The fourth-order valence-corrected chi connectivity index (χ4v) is 4.11. The second kappa shape index (κ2) is 16.7. The molecule has 6 nitrogen and oxygen atoms in total. The van der Waals surface area contributed by atoms with E-state index in [1.54, 1.807) is 0 Å². The number of unbranched alkanes of at least 4 members (excludes halogenated alkanes) is 4. The highest BCUT2D eigenvalue weighted by molar-refractivity contribution is 5.44. The van der Waals surface area contributed by atoms with Crippen molar-refractivity contribution >= 4 is 22.7 Å². The zero-order valence-corrected chi connectivity index (χ0v) is 24.2. The van der Waals surface area contributed by atoms with Gasteiger partial charge in [0.25, 0.3) is 0 Å². The van der Waals surface area contributed by atoms with E-state index in [0.29, 0.717) is 13.2 Å². The van der Waals surface area contributed by atoms with Crippen LogP contribution in [0.1, 0.15) is 56.6 Å². The monoisotopic (exact) mass is 548 g/mol. The Kier molecular flexibility index (Phi) is 12.1. The largest absolute Gasteiger partial charge is 0.494 e. The SMILES string of the molecule is CCCCc1ccc(N=Nc2ccc(OCCCCCCOc3ccc(N=Nc4ccc(C)cc4)cc3)cc2)cc1. The molecule has 212 valence electrons. The predicted octanol–water partition coefficient (Wildman–Crippen LogP) is 11.2. The highest BCUT2D eigenvalue weighted by atomic mass is 16.5. The molecule has 0 aliphatic carbocycles. The van der Waals surface area contributed by atoms with Gasteiger partial charge in [-0.05, 0) is 124 Å². The average molecular weight is 549 g/mol. The molecule has 0 fully saturated rings. The Labute approximate surface area is 244 Å². The fraction of sp³-hybridized carbons (Fsp3) is 0.314. The van der Waals surface area contributed by atoms with Gasteiger partial charge in [-0.1, -0.05) is 43.2 Å². The van der Waals surface area contributed by atoms with E-state index < -0.39 is 0 Å². The van der Waals surface area contributed by atoms with Gasteiger partial charge in [0.1, 0.15) is 11.5 Å². The van der Waals surface area contributed by atoms with Gasteiger partial charge < -0.3 is 9.47 Å². The van der Waals surface area contributed by atoms with Crippen LogP contribution in [0.2, 0.25) is 0 Å². The molecule has 0 saturated carbocycles. The molecule has 6 heteroatoms. The topological polar surface area (TPSA) is 67.9 Å². The summed E-state index contributed by atoms with van der Waals surface area (Å²) in [5, 5.41) is 17.3. The Balaban J connectivity index is 1.05. The summed E-state index contributed by atoms with van der Waals surface area (Å²) in [6.45, 7) is 5.66. The maximum absolute atomic E-state index is 5.89. The Hall–Kier alpha value is -4.32. The van der Waals surface area contributed by atoms with Gasteiger partial charge in [-0.3, -0.25) is 0 Å². The lowest BCUT2D eigenvalue weighted by molar-refractivity contribution is 0.287. The van der Waals surface area contributed by atoms with Crippen molar-refractivity contribution in [2.24, 2.45) is 20.5 Å². The molecule has 0 aliphatic heterocycles. The smallest absolute Gasteiger partial charge is 0.119 e. The molecule has 0 unspecified atom stereocenters. The molecule has 0 aliphatic rings. The number of ether oxygens (including phenoxy) is 2. The van der Waals surface area contributed by atoms with E-state index in [0.717, 1.165) is 66.4 Å². The molecule has 0 amide bonds. The van der Waals surface area contributed by atoms with Gasteiger partial charge in [-0.15, -0.1) is 0 Å². The van der Waals surface area contributed by atoms with Gasteiger partial charge in [0, 0.05) is 0 Å². The zero-order valence-electron chi connectivity index (χ0n) is 24.2. The summed E-state index contributed by atoms with van der Waals surface area (Å²) in [4.78, 5) is 0. The number of benzene rings is 4. The van der Waals surface area contributed by atoms with E-state index in [4.69, 9.17) is 9.47 Å². The van der Waals surface area contributed by atoms with Crippen LogP contribution in [0.5, 0.6) is 11.5 Å². The summed E-state index contributed by atoms with van der Waals surface area (Å²) in [5.74, 6) is 1.71. The summed E-state index contributed by atoms with van der Waals surface area (Å²) in [7, 11) is 0. The second-order valence-corrected chi connectivity index (χ2v) is 10.1. The van der Waals surface area contributed by atoms with E-state index >= 15 is 0 Å². The van der Waals surface area contributed by atoms with E-state index in [-0.39, 0.29) is 0 Å². The number of nitrogens with zero attached hydrogens (tertiary/aromatic N) is 4. The molecule has 0 atom stereocenters. The molecule has 0 spiro atoms. The maximum Gasteiger partial charge on any atom is 0.119 e. The van der Waals surface area contributed by atoms with Crippen molar-refractivity contribution in [3.8, 4) is 11.5 Å². The van der Waals surface area contributed by atoms with E-state index in [9.17, 15) is 0 Å². The van der Waals surface area contributed by atoms with Crippen LogP contribution in [-0.2, 0) is 6.42 Å². The summed E-state index contributed by atoms with van der Waals surface area (Å²) in [5.41, 5.74) is 5.89. The lowest BCUT2D eigenvalue weighted by atomic mass is 10.1. The third-order valence-electron chi connectivity index (χ3n) is 6.60. The van der Waals surface area contributed by atoms with Crippen molar-refractivity contribution in [3.05, 3.63) is 108 Å². The number of hydrogen-bond acceptors (Lipinski definition) is 6. The minimum atomic E-state index is 0.699. The third kappa shape index (κ3) is 11.0. The predicted molar refractivity (Wildman–Crippen MR) is 167 cm³/mol. The van der Waals surface area contributed by atoms with E-state index in [1.165, 1.54) is 24.0 Å². The molecule has 4 rings (SSSR count). The molecule has 0 aromatic heterocycles. The van der Waals surface area contributed by atoms with E-state index in [2.05, 4.69) is 46.4 Å². The molecule has 41 heavy (non-hydrogen) atoms. The molecule has 0 bridgehead atoms. The van der Waals surface area contributed by atoms with Crippen LogP contribution in [0.3, 0.4) is 0 Å². The summed E-state index contributed by atoms with van der Waals surface area (Å²) < 4.78 is 11.8. The minimum Gasteiger partial charge on any atom is -0.494 e. The standard InChI is InChI=1S/C35H40N4O2/c1-3-4-9-29-12-16-31(17-13-29)37-39-33-20-24-35(25-21-33)41-27-8-6-5-7-26-40-34-22-18-32(19-23-34)38-36-30-14-10-28(2)11-15-30/h10-25H,3-9,26-27H2,1-2H3. The molecule has 0 saturated heterocycles. The quantitative estimate of drug-likeness (QED) is 0.103. The summed E-state index contributed by atoms with van der Waals surface area (Å²) in [6, 6.07) is 31.8. The van der Waals surface area contributed by atoms with Crippen LogP contribution in [0.4, 0.5) is 22.7 Å². The van der Waals surface area contributed by atoms with E-state index in [1.807, 2.05) is 84.9 Å². The number of aryl methyl sites for hydroxylation is 2. The highest BCUT2D eigenvalue weighted by Crippen LogP contribution is 2.23. The number of hydrogen-bond donors (Lipinski definition) is 0. The average Bonchev–Trinajstić information content (AvgIpc) is 3.01. The van der Waals surface area contributed by atoms with Crippen molar-refractivity contribution < 1.29 is 9.47 Å². The van der Waals surface area contributed by atoms with Crippen LogP contribution in [0.15, 0.2) is 118 Å². The minimum absolute atomic E-state index is 0.699. The van der Waals surface area contributed by atoms with Gasteiger partial charge in [0.2, 0.25) is 0 Å². The van der Waals surface area contributed by atoms with Crippen molar-refractivity contribution in [1.29, 1.82) is 0 Å². The molecule has 4 aromatic carbocycles. The molecular formula is C35H40N4O2. The van der Waals surface area contributed by atoms with Crippen LogP contribution in [0, 0.1) is 6.92 Å². The van der Waals surface area contributed by atoms with Gasteiger partial charge >= 0.3 is 0 Å². The first-order chi connectivity index (χ1) is 20.2. The fourth-order valence-electron chi connectivity index (χ4n) is 4.11. The lowest BCUT2D eigenvalue weighted by Crippen LogP contribution is -1.99. The molecule has 0 radical (unpaired) electrons. The Morgan fingerprint density at radius 3 is 1.27 bits per heavy atom. The normalized spacial score (nSPS) is 11.4. The molecule has 4 aromatic rings. The molecule has 0 heterocycles. The Morgan fingerprint density at radius 1 is 0.463 bits per heavy atom. The van der Waals surface area contributed by atoms with Crippen LogP contribution >= 0.6 is 0 Å². The second-order valence-electron chi connectivity index (χ2n) is 10.1. The van der Waals surface area contributed by atoms with Crippen molar-refractivity contribution in [2.45, 2.75) is 58.8 Å². The van der Waals surface area contributed by atoms with Crippen molar-refractivity contribution in [3.63, 3.8) is 0 Å². The summed E-state index contributed by atoms with van der Waals surface area (Å²) >= 11 is 0.